The number of aromatic nitrogens is 1. The number of fused-ring (bicyclic) bond motifs is 6. The van der Waals surface area contributed by atoms with Crippen molar-refractivity contribution in [1.29, 1.82) is 0 Å². The van der Waals surface area contributed by atoms with Crippen molar-refractivity contribution < 1.29 is 0 Å². The summed E-state index contributed by atoms with van der Waals surface area (Å²) in [6.45, 7) is 0. The van der Waals surface area contributed by atoms with Crippen LogP contribution in [0.15, 0.2) is 146 Å². The number of anilines is 3. The van der Waals surface area contributed by atoms with Gasteiger partial charge in [-0.15, -0.1) is 11.3 Å². The minimum atomic E-state index is 1.12. The molecule has 0 bridgehead atoms. The van der Waals surface area contributed by atoms with Gasteiger partial charge in [0.1, 0.15) is 0 Å². The van der Waals surface area contributed by atoms with Crippen LogP contribution in [-0.2, 0) is 0 Å². The van der Waals surface area contributed by atoms with Crippen molar-refractivity contribution in [2.24, 2.45) is 0 Å². The monoisotopic (exact) mass is 528 g/mol. The molecule has 0 saturated heterocycles. The molecule has 0 amide bonds. The van der Waals surface area contributed by atoms with Crippen LogP contribution in [-0.4, -0.2) is 4.98 Å². The maximum absolute atomic E-state index is 4.42. The topological polar surface area (TPSA) is 16.1 Å². The summed E-state index contributed by atoms with van der Waals surface area (Å²) in [7, 11) is 0. The third-order valence-corrected chi connectivity index (χ3v) is 8.89. The van der Waals surface area contributed by atoms with E-state index >= 15 is 0 Å². The Balaban J connectivity index is 1.34. The van der Waals surface area contributed by atoms with E-state index < -0.39 is 0 Å². The minimum absolute atomic E-state index is 1.12. The Morgan fingerprint density at radius 2 is 1.07 bits per heavy atom. The number of benzene rings is 6. The number of nitrogens with zero attached hydrogens (tertiary/aromatic N) is 2. The maximum Gasteiger partial charge on any atom is 0.0468 e. The zero-order chi connectivity index (χ0) is 26.5. The quantitative estimate of drug-likeness (QED) is 0.211. The highest BCUT2D eigenvalue weighted by Crippen LogP contribution is 2.42. The van der Waals surface area contributed by atoms with Gasteiger partial charge >= 0.3 is 0 Å². The van der Waals surface area contributed by atoms with Crippen molar-refractivity contribution in [3.63, 3.8) is 0 Å². The first-order valence-electron chi connectivity index (χ1n) is 13.5. The van der Waals surface area contributed by atoms with Crippen LogP contribution in [0.5, 0.6) is 0 Å². The van der Waals surface area contributed by atoms with E-state index in [4.69, 9.17) is 0 Å². The van der Waals surface area contributed by atoms with Gasteiger partial charge in [0.05, 0.1) is 0 Å². The molecule has 0 spiro atoms. The summed E-state index contributed by atoms with van der Waals surface area (Å²) in [5.74, 6) is 0. The summed E-state index contributed by atoms with van der Waals surface area (Å²) in [5.41, 5.74) is 5.81. The van der Waals surface area contributed by atoms with E-state index in [2.05, 4.69) is 143 Å². The lowest BCUT2D eigenvalue weighted by Gasteiger charge is -2.26. The van der Waals surface area contributed by atoms with E-state index in [0.29, 0.717) is 0 Å². The Hall–Kier alpha value is -4.99. The van der Waals surface area contributed by atoms with Crippen LogP contribution in [0.1, 0.15) is 0 Å². The van der Waals surface area contributed by atoms with Crippen molar-refractivity contribution in [2.45, 2.75) is 0 Å². The molecule has 3 heteroatoms. The first-order valence-corrected chi connectivity index (χ1v) is 14.3. The predicted molar refractivity (Wildman–Crippen MR) is 172 cm³/mol. The summed E-state index contributed by atoms with van der Waals surface area (Å²) in [6, 6.07) is 48.2. The van der Waals surface area contributed by atoms with E-state index in [-0.39, 0.29) is 0 Å². The van der Waals surface area contributed by atoms with Gasteiger partial charge in [-0.2, -0.15) is 0 Å². The number of hydrogen-bond donors (Lipinski definition) is 0. The van der Waals surface area contributed by atoms with Gasteiger partial charge < -0.3 is 4.90 Å². The van der Waals surface area contributed by atoms with Gasteiger partial charge in [-0.1, -0.05) is 84.9 Å². The Kier molecular flexibility index (Phi) is 5.35. The predicted octanol–water partition coefficient (Wildman–Crippen LogP) is 10.9. The first kappa shape index (κ1) is 22.9. The normalized spacial score (nSPS) is 11.5. The van der Waals surface area contributed by atoms with Gasteiger partial charge in [-0.25, -0.2) is 0 Å². The number of rotatable bonds is 4. The van der Waals surface area contributed by atoms with Gasteiger partial charge in [0.15, 0.2) is 0 Å². The zero-order valence-corrected chi connectivity index (χ0v) is 22.5. The molecule has 0 atom stereocenters. The van der Waals surface area contributed by atoms with Crippen LogP contribution in [0.3, 0.4) is 0 Å². The fourth-order valence-corrected chi connectivity index (χ4v) is 6.81. The lowest BCUT2D eigenvalue weighted by Crippen LogP contribution is -2.09. The van der Waals surface area contributed by atoms with E-state index in [9.17, 15) is 0 Å². The minimum Gasteiger partial charge on any atom is -0.310 e. The molecule has 8 aromatic rings. The molecule has 6 aromatic carbocycles. The summed E-state index contributed by atoms with van der Waals surface area (Å²) in [6.07, 6.45) is 3.86. The molecule has 2 nitrogen and oxygen atoms in total. The fourth-order valence-electron chi connectivity index (χ4n) is 5.76. The summed E-state index contributed by atoms with van der Waals surface area (Å²) >= 11 is 1.82. The summed E-state index contributed by atoms with van der Waals surface area (Å²) in [4.78, 5) is 6.79. The largest absolute Gasteiger partial charge is 0.310 e. The van der Waals surface area contributed by atoms with Crippen molar-refractivity contribution in [3.8, 4) is 11.1 Å². The third-order valence-electron chi connectivity index (χ3n) is 7.73. The Morgan fingerprint density at radius 3 is 1.93 bits per heavy atom. The second-order valence-electron chi connectivity index (χ2n) is 10.1. The molecule has 0 N–H and O–H groups in total. The fraction of sp³-hybridized carbons (Fsp3) is 0. The highest BCUT2D eigenvalue weighted by Gasteiger charge is 2.16. The molecule has 8 rings (SSSR count). The average Bonchev–Trinajstić information content (AvgIpc) is 3.40. The van der Waals surface area contributed by atoms with Gasteiger partial charge in [0, 0.05) is 49.6 Å². The van der Waals surface area contributed by atoms with Crippen LogP contribution >= 0.6 is 11.3 Å². The van der Waals surface area contributed by atoms with Crippen molar-refractivity contribution in [3.05, 3.63) is 146 Å². The van der Waals surface area contributed by atoms with E-state index in [1.54, 1.807) is 0 Å². The van der Waals surface area contributed by atoms with Gasteiger partial charge in [0.2, 0.25) is 0 Å². The molecule has 0 aliphatic carbocycles. The maximum atomic E-state index is 4.42. The van der Waals surface area contributed by atoms with Crippen LogP contribution in [0.4, 0.5) is 17.1 Å². The van der Waals surface area contributed by atoms with Crippen molar-refractivity contribution >= 4 is 70.1 Å². The van der Waals surface area contributed by atoms with Gasteiger partial charge in [0.25, 0.3) is 0 Å². The summed E-state index contributed by atoms with van der Waals surface area (Å²) < 4.78 is 2.54. The number of thiophene rings is 1. The van der Waals surface area contributed by atoms with Crippen molar-refractivity contribution in [2.75, 3.05) is 4.90 Å². The Labute approximate surface area is 236 Å². The molecule has 2 heterocycles. The lowest BCUT2D eigenvalue weighted by molar-refractivity contribution is 1.30. The molecule has 0 aliphatic rings. The Bertz CT molecular complexity index is 2160. The van der Waals surface area contributed by atoms with Crippen LogP contribution in [0.2, 0.25) is 0 Å². The molecule has 0 saturated carbocycles. The SMILES string of the molecule is c1ccc(-c2ccc(N(c3ccc4ccc5ccccc5c4c3)c3ccc4sc5ccncc5c4c3)cc2)cc1. The van der Waals surface area contributed by atoms with Gasteiger partial charge in [-0.3, -0.25) is 4.98 Å². The van der Waals surface area contributed by atoms with E-state index in [1.807, 2.05) is 23.7 Å². The molecule has 0 unspecified atom stereocenters. The lowest BCUT2D eigenvalue weighted by atomic mass is 10.0. The highest BCUT2D eigenvalue weighted by atomic mass is 32.1. The molecule has 0 aliphatic heterocycles. The van der Waals surface area contributed by atoms with Crippen LogP contribution in [0.25, 0.3) is 52.8 Å². The van der Waals surface area contributed by atoms with Crippen molar-refractivity contribution in [1.82, 2.24) is 4.98 Å². The van der Waals surface area contributed by atoms with Crippen LogP contribution < -0.4 is 4.90 Å². The molecular formula is C37H24N2S. The molecule has 188 valence electrons. The highest BCUT2D eigenvalue weighted by molar-refractivity contribution is 7.25. The average molecular weight is 529 g/mol. The molecule has 40 heavy (non-hydrogen) atoms. The summed E-state index contributed by atoms with van der Waals surface area (Å²) in [5, 5.41) is 7.46. The number of hydrogen-bond acceptors (Lipinski definition) is 3. The van der Waals surface area contributed by atoms with Crippen LogP contribution in [0, 0.1) is 0 Å². The molecule has 0 fully saturated rings. The molecule has 0 radical (unpaired) electrons. The second-order valence-corrected chi connectivity index (χ2v) is 11.2. The number of pyridine rings is 1. The molecular weight excluding hydrogens is 504 g/mol. The smallest absolute Gasteiger partial charge is 0.0468 e. The standard InChI is InChI=1S/C37H24N2S/c1-2-6-25(7-3-1)26-12-15-29(16-13-26)39(31-18-19-36-34(23-31)35-24-38-21-20-37(35)40-36)30-17-14-28-11-10-27-8-4-5-9-32(27)33(28)22-30/h1-24H. The zero-order valence-electron chi connectivity index (χ0n) is 21.7. The Morgan fingerprint density at radius 1 is 0.450 bits per heavy atom. The first-order chi connectivity index (χ1) is 19.8. The van der Waals surface area contributed by atoms with Gasteiger partial charge in [-0.05, 0) is 81.2 Å². The second kappa shape index (κ2) is 9.33. The molecule has 2 aromatic heterocycles. The van der Waals surface area contributed by atoms with E-state index in [0.717, 1.165) is 17.1 Å². The third kappa shape index (κ3) is 3.83. The van der Waals surface area contributed by atoms with E-state index in [1.165, 1.54) is 52.8 Å².